The Labute approximate surface area is 149 Å². The molecule has 2 aromatic rings. The maximum absolute atomic E-state index is 6.58. The molecular formula is C19H24BrClSi. The second-order valence-electron chi connectivity index (χ2n) is 7.89. The zero-order valence-electron chi connectivity index (χ0n) is 14.2. The molecule has 0 radical (unpaired) electrons. The van der Waals surface area contributed by atoms with Gasteiger partial charge in [0.05, 0.1) is 8.07 Å². The van der Waals surface area contributed by atoms with Gasteiger partial charge in [0.2, 0.25) is 0 Å². The first-order valence-electron chi connectivity index (χ1n) is 7.60. The fourth-order valence-electron chi connectivity index (χ4n) is 2.62. The average molecular weight is 396 g/mol. The first-order valence-corrected chi connectivity index (χ1v) is 12.3. The standard InChI is InChI=1S/C19H24BrClSi/c1-19(2,3)15-9-7-13(8-10-15)14-11-16(20)18(17(21)12-14)22(4,5)6/h7-12H,1-6H3. The van der Waals surface area contributed by atoms with Crippen LogP contribution in [0.15, 0.2) is 40.9 Å². The Hall–Kier alpha value is -0.573. The van der Waals surface area contributed by atoms with Gasteiger partial charge in [-0.3, -0.25) is 0 Å². The SMILES string of the molecule is CC(C)(C)c1ccc(-c2cc(Cl)c([Si](C)(C)C)c(Br)c2)cc1. The Morgan fingerprint density at radius 3 is 1.86 bits per heavy atom. The fraction of sp³-hybridized carbons (Fsp3) is 0.368. The molecule has 0 aliphatic heterocycles. The van der Waals surface area contributed by atoms with Gasteiger partial charge in [0.15, 0.2) is 0 Å². The second kappa shape index (κ2) is 6.14. The molecule has 0 heterocycles. The van der Waals surface area contributed by atoms with E-state index in [0.717, 1.165) is 9.50 Å². The molecule has 0 bridgehead atoms. The van der Waals surface area contributed by atoms with Gasteiger partial charge < -0.3 is 0 Å². The van der Waals surface area contributed by atoms with Crippen molar-refractivity contribution in [3.05, 3.63) is 51.5 Å². The maximum atomic E-state index is 6.58. The lowest BCUT2D eigenvalue weighted by Crippen LogP contribution is -2.39. The molecule has 2 aromatic carbocycles. The molecule has 0 aliphatic carbocycles. The summed E-state index contributed by atoms with van der Waals surface area (Å²) < 4.78 is 1.13. The van der Waals surface area contributed by atoms with E-state index in [-0.39, 0.29) is 5.41 Å². The van der Waals surface area contributed by atoms with Crippen molar-refractivity contribution in [2.75, 3.05) is 0 Å². The van der Waals surface area contributed by atoms with Gasteiger partial charge in [0.25, 0.3) is 0 Å². The molecule has 22 heavy (non-hydrogen) atoms. The van der Waals surface area contributed by atoms with E-state index in [1.54, 1.807) is 0 Å². The van der Waals surface area contributed by atoms with Gasteiger partial charge in [0.1, 0.15) is 0 Å². The zero-order chi connectivity index (χ0) is 16.7. The second-order valence-corrected chi connectivity index (χ2v) is 14.2. The monoisotopic (exact) mass is 394 g/mol. The maximum Gasteiger partial charge on any atom is 0.0810 e. The van der Waals surface area contributed by atoms with Crippen molar-refractivity contribution in [2.24, 2.45) is 0 Å². The number of halogens is 2. The molecule has 118 valence electrons. The van der Waals surface area contributed by atoms with Gasteiger partial charge in [-0.2, -0.15) is 0 Å². The van der Waals surface area contributed by atoms with Crippen LogP contribution < -0.4 is 5.19 Å². The minimum absolute atomic E-state index is 0.179. The van der Waals surface area contributed by atoms with Crippen LogP contribution in [0.1, 0.15) is 26.3 Å². The van der Waals surface area contributed by atoms with Crippen LogP contribution >= 0.6 is 27.5 Å². The molecule has 0 spiro atoms. The van der Waals surface area contributed by atoms with Crippen LogP contribution in [0.3, 0.4) is 0 Å². The third-order valence-electron chi connectivity index (χ3n) is 3.88. The van der Waals surface area contributed by atoms with Gasteiger partial charge in [-0.15, -0.1) is 0 Å². The normalized spacial score (nSPS) is 12.5. The molecule has 0 aliphatic rings. The lowest BCUT2D eigenvalue weighted by atomic mass is 9.86. The highest BCUT2D eigenvalue weighted by molar-refractivity contribution is 9.10. The molecule has 0 nitrogen and oxygen atoms in total. The van der Waals surface area contributed by atoms with E-state index in [4.69, 9.17) is 11.6 Å². The van der Waals surface area contributed by atoms with Crippen LogP contribution in [0.5, 0.6) is 0 Å². The highest BCUT2D eigenvalue weighted by Crippen LogP contribution is 2.30. The van der Waals surface area contributed by atoms with Crippen molar-refractivity contribution in [3.8, 4) is 11.1 Å². The molecule has 0 amide bonds. The van der Waals surface area contributed by atoms with Crippen molar-refractivity contribution < 1.29 is 0 Å². The predicted octanol–water partition coefficient (Wildman–Crippen LogP) is 6.61. The van der Waals surface area contributed by atoms with Crippen LogP contribution in [0.4, 0.5) is 0 Å². The van der Waals surface area contributed by atoms with Crippen molar-refractivity contribution in [1.29, 1.82) is 0 Å². The summed E-state index contributed by atoms with van der Waals surface area (Å²) >= 11 is 10.3. The molecule has 0 aromatic heterocycles. The molecule has 0 fully saturated rings. The number of hydrogen-bond donors (Lipinski definition) is 0. The molecular weight excluding hydrogens is 372 g/mol. The fourth-order valence-corrected chi connectivity index (χ4v) is 7.62. The van der Waals surface area contributed by atoms with Crippen LogP contribution in [0.2, 0.25) is 24.7 Å². The molecule has 0 unspecified atom stereocenters. The minimum atomic E-state index is -1.46. The Balaban J connectivity index is 2.47. The first-order chi connectivity index (χ1) is 10.00. The number of rotatable bonds is 2. The predicted molar refractivity (Wildman–Crippen MR) is 106 cm³/mol. The summed E-state index contributed by atoms with van der Waals surface area (Å²) in [7, 11) is -1.46. The summed E-state index contributed by atoms with van der Waals surface area (Å²) in [6.07, 6.45) is 0. The summed E-state index contributed by atoms with van der Waals surface area (Å²) in [6, 6.07) is 13.1. The van der Waals surface area contributed by atoms with Gasteiger partial charge in [-0.05, 0) is 39.4 Å². The molecule has 2 rings (SSSR count). The average Bonchev–Trinajstić information content (AvgIpc) is 2.35. The van der Waals surface area contributed by atoms with E-state index < -0.39 is 8.07 Å². The van der Waals surface area contributed by atoms with Crippen molar-refractivity contribution in [1.82, 2.24) is 0 Å². The first kappa shape index (κ1) is 17.8. The molecule has 0 N–H and O–H groups in total. The quantitative estimate of drug-likeness (QED) is 0.502. The van der Waals surface area contributed by atoms with Gasteiger partial charge in [0, 0.05) is 9.50 Å². The molecule has 0 saturated carbocycles. The Morgan fingerprint density at radius 1 is 0.909 bits per heavy atom. The van der Waals surface area contributed by atoms with E-state index in [1.807, 2.05) is 0 Å². The van der Waals surface area contributed by atoms with Crippen molar-refractivity contribution >= 4 is 40.8 Å². The van der Waals surface area contributed by atoms with E-state index in [9.17, 15) is 0 Å². The lowest BCUT2D eigenvalue weighted by Gasteiger charge is -2.22. The van der Waals surface area contributed by atoms with Crippen molar-refractivity contribution in [3.63, 3.8) is 0 Å². The number of benzene rings is 2. The third kappa shape index (κ3) is 3.84. The summed E-state index contributed by atoms with van der Waals surface area (Å²) in [5.74, 6) is 0. The van der Waals surface area contributed by atoms with E-state index in [2.05, 4.69) is 92.7 Å². The van der Waals surface area contributed by atoms with Crippen molar-refractivity contribution in [2.45, 2.75) is 45.8 Å². The largest absolute Gasteiger partial charge is 0.0844 e. The number of hydrogen-bond acceptors (Lipinski definition) is 0. The third-order valence-corrected chi connectivity index (χ3v) is 7.36. The highest BCUT2D eigenvalue weighted by Gasteiger charge is 2.23. The molecule has 0 atom stereocenters. The highest BCUT2D eigenvalue weighted by atomic mass is 79.9. The van der Waals surface area contributed by atoms with Crippen LogP contribution in [-0.4, -0.2) is 8.07 Å². The Bertz CT molecular complexity index is 653. The smallest absolute Gasteiger partial charge is 0.0810 e. The Morgan fingerprint density at radius 2 is 1.45 bits per heavy atom. The van der Waals surface area contributed by atoms with Crippen LogP contribution in [0.25, 0.3) is 11.1 Å². The minimum Gasteiger partial charge on any atom is -0.0844 e. The Kier molecular flexibility index (Phi) is 4.96. The van der Waals surface area contributed by atoms with Crippen LogP contribution in [0, 0.1) is 0 Å². The summed E-state index contributed by atoms with van der Waals surface area (Å²) in [4.78, 5) is 0. The summed E-state index contributed by atoms with van der Waals surface area (Å²) in [5, 5.41) is 2.17. The lowest BCUT2D eigenvalue weighted by molar-refractivity contribution is 0.590. The van der Waals surface area contributed by atoms with Crippen LogP contribution in [-0.2, 0) is 5.41 Å². The molecule has 0 saturated heterocycles. The van der Waals surface area contributed by atoms with E-state index in [1.165, 1.54) is 21.9 Å². The van der Waals surface area contributed by atoms with Gasteiger partial charge in [-0.25, -0.2) is 0 Å². The van der Waals surface area contributed by atoms with E-state index in [0.29, 0.717) is 0 Å². The van der Waals surface area contributed by atoms with Gasteiger partial charge in [-0.1, -0.05) is 92.2 Å². The molecule has 3 heteroatoms. The van der Waals surface area contributed by atoms with Gasteiger partial charge >= 0.3 is 0 Å². The summed E-state index contributed by atoms with van der Waals surface area (Å²) in [6.45, 7) is 13.7. The summed E-state index contributed by atoms with van der Waals surface area (Å²) in [5.41, 5.74) is 3.90. The van der Waals surface area contributed by atoms with E-state index >= 15 is 0 Å². The topological polar surface area (TPSA) is 0 Å². The zero-order valence-corrected chi connectivity index (χ0v) is 17.6.